The molecule has 0 unspecified atom stereocenters. The van der Waals surface area contributed by atoms with Gasteiger partial charge in [-0.25, -0.2) is 9.97 Å². The van der Waals surface area contributed by atoms with Crippen LogP contribution in [0.1, 0.15) is 39.8 Å². The van der Waals surface area contributed by atoms with E-state index >= 15 is 0 Å². The van der Waals surface area contributed by atoms with E-state index < -0.39 is 0 Å². The van der Waals surface area contributed by atoms with Crippen molar-refractivity contribution in [3.05, 3.63) is 82.7 Å². The van der Waals surface area contributed by atoms with Crippen molar-refractivity contribution in [3.8, 4) is 0 Å². The van der Waals surface area contributed by atoms with Gasteiger partial charge < -0.3 is 10.6 Å². The number of amides is 1. The molecule has 138 valence electrons. The number of carbonyl (C=O) groups is 1. The molecule has 0 aliphatic heterocycles. The predicted octanol–water partition coefficient (Wildman–Crippen LogP) is 4.33. The first-order valence-electron chi connectivity index (χ1n) is 9.10. The van der Waals surface area contributed by atoms with Crippen LogP contribution in [-0.2, 0) is 13.0 Å². The van der Waals surface area contributed by atoms with E-state index in [4.69, 9.17) is 0 Å². The molecule has 5 heteroatoms. The van der Waals surface area contributed by atoms with Gasteiger partial charge in [0.2, 0.25) is 5.95 Å². The summed E-state index contributed by atoms with van der Waals surface area (Å²) in [6.45, 7) is 6.46. The molecule has 3 rings (SSSR count). The summed E-state index contributed by atoms with van der Waals surface area (Å²) in [5.74, 6) is 0.215. The maximum atomic E-state index is 12.6. The number of aryl methyl sites for hydroxylation is 3. The molecule has 5 nitrogen and oxygen atoms in total. The van der Waals surface area contributed by atoms with Gasteiger partial charge in [0.1, 0.15) is 5.69 Å². The van der Waals surface area contributed by atoms with E-state index in [1.165, 1.54) is 5.56 Å². The van der Waals surface area contributed by atoms with Crippen LogP contribution in [0.2, 0.25) is 0 Å². The van der Waals surface area contributed by atoms with Crippen molar-refractivity contribution in [2.45, 2.75) is 33.7 Å². The van der Waals surface area contributed by atoms with Crippen molar-refractivity contribution in [2.24, 2.45) is 0 Å². The summed E-state index contributed by atoms with van der Waals surface area (Å²) >= 11 is 0. The molecule has 27 heavy (non-hydrogen) atoms. The summed E-state index contributed by atoms with van der Waals surface area (Å²) in [5, 5.41) is 6.18. The number of anilines is 2. The highest BCUT2D eigenvalue weighted by Crippen LogP contribution is 2.19. The zero-order chi connectivity index (χ0) is 19.2. The SMILES string of the molecule is CCc1ccccc1Nc1nc(C)cc(C(=O)NCc2ccccc2C)n1. The molecule has 2 aromatic carbocycles. The normalized spacial score (nSPS) is 10.5. The average Bonchev–Trinajstić information content (AvgIpc) is 2.67. The van der Waals surface area contributed by atoms with Crippen molar-refractivity contribution in [1.29, 1.82) is 0 Å². The third-order valence-electron chi connectivity index (χ3n) is 4.43. The lowest BCUT2D eigenvalue weighted by Gasteiger charge is -2.12. The van der Waals surface area contributed by atoms with Crippen LogP contribution in [0, 0.1) is 13.8 Å². The second-order valence-corrected chi connectivity index (χ2v) is 6.46. The first kappa shape index (κ1) is 18.6. The maximum Gasteiger partial charge on any atom is 0.270 e. The molecule has 0 bridgehead atoms. The molecular formula is C22H24N4O. The van der Waals surface area contributed by atoms with E-state index in [1.54, 1.807) is 6.07 Å². The second kappa shape index (κ2) is 8.45. The third kappa shape index (κ3) is 4.70. The van der Waals surface area contributed by atoms with Crippen LogP contribution in [0.3, 0.4) is 0 Å². The molecule has 0 saturated heterocycles. The van der Waals surface area contributed by atoms with Gasteiger partial charge >= 0.3 is 0 Å². The minimum atomic E-state index is -0.212. The summed E-state index contributed by atoms with van der Waals surface area (Å²) < 4.78 is 0. The quantitative estimate of drug-likeness (QED) is 0.687. The fourth-order valence-corrected chi connectivity index (χ4v) is 2.89. The number of rotatable bonds is 6. The van der Waals surface area contributed by atoms with Crippen LogP contribution in [0.4, 0.5) is 11.6 Å². The first-order valence-corrected chi connectivity index (χ1v) is 9.10. The number of nitrogens with zero attached hydrogens (tertiary/aromatic N) is 2. The van der Waals surface area contributed by atoms with Crippen LogP contribution in [0.5, 0.6) is 0 Å². The third-order valence-corrected chi connectivity index (χ3v) is 4.43. The van der Waals surface area contributed by atoms with Crippen LogP contribution in [-0.4, -0.2) is 15.9 Å². The highest BCUT2D eigenvalue weighted by Gasteiger charge is 2.12. The number of hydrogen-bond acceptors (Lipinski definition) is 4. The maximum absolute atomic E-state index is 12.6. The van der Waals surface area contributed by atoms with Crippen LogP contribution >= 0.6 is 0 Å². The molecule has 0 radical (unpaired) electrons. The minimum absolute atomic E-state index is 0.212. The number of nitrogens with one attached hydrogen (secondary N) is 2. The highest BCUT2D eigenvalue weighted by molar-refractivity contribution is 5.92. The van der Waals surface area contributed by atoms with E-state index in [1.807, 2.05) is 56.3 Å². The zero-order valence-corrected chi connectivity index (χ0v) is 15.9. The number of para-hydroxylation sites is 1. The molecule has 0 fully saturated rings. The Morgan fingerprint density at radius 2 is 1.67 bits per heavy atom. The number of hydrogen-bond donors (Lipinski definition) is 2. The van der Waals surface area contributed by atoms with Crippen molar-refractivity contribution >= 4 is 17.5 Å². The lowest BCUT2D eigenvalue weighted by atomic mass is 10.1. The van der Waals surface area contributed by atoms with Gasteiger partial charge in [-0.2, -0.15) is 0 Å². The lowest BCUT2D eigenvalue weighted by molar-refractivity contribution is 0.0945. The summed E-state index contributed by atoms with van der Waals surface area (Å²) in [6.07, 6.45) is 0.902. The minimum Gasteiger partial charge on any atom is -0.347 e. The van der Waals surface area contributed by atoms with Crippen molar-refractivity contribution in [3.63, 3.8) is 0 Å². The van der Waals surface area contributed by atoms with Gasteiger partial charge in [-0.05, 0) is 49.1 Å². The fourth-order valence-electron chi connectivity index (χ4n) is 2.89. The molecule has 0 spiro atoms. The van der Waals surface area contributed by atoms with Crippen LogP contribution < -0.4 is 10.6 Å². The molecule has 2 N–H and O–H groups in total. The Labute approximate surface area is 159 Å². The molecule has 3 aromatic rings. The lowest BCUT2D eigenvalue weighted by Crippen LogP contribution is -2.24. The number of benzene rings is 2. The predicted molar refractivity (Wildman–Crippen MR) is 108 cm³/mol. The topological polar surface area (TPSA) is 66.9 Å². The van der Waals surface area contributed by atoms with Gasteiger partial charge in [0.15, 0.2) is 0 Å². The monoisotopic (exact) mass is 360 g/mol. The average molecular weight is 360 g/mol. The summed E-state index contributed by atoms with van der Waals surface area (Å²) in [5.41, 5.74) is 5.46. The molecule has 1 amide bonds. The Hall–Kier alpha value is -3.21. The standard InChI is InChI=1S/C22H24N4O/c1-4-17-10-7-8-12-19(17)25-22-24-16(3)13-20(26-22)21(27)23-14-18-11-6-5-9-15(18)2/h5-13H,4,14H2,1-3H3,(H,23,27)(H,24,25,26). The Kier molecular flexibility index (Phi) is 5.81. The van der Waals surface area contributed by atoms with Gasteiger partial charge in [-0.3, -0.25) is 4.79 Å². The second-order valence-electron chi connectivity index (χ2n) is 6.46. The molecule has 0 saturated carbocycles. The van der Waals surface area contributed by atoms with E-state index in [2.05, 4.69) is 33.6 Å². The first-order chi connectivity index (χ1) is 13.1. The van der Waals surface area contributed by atoms with Crippen LogP contribution in [0.25, 0.3) is 0 Å². The fraction of sp³-hybridized carbons (Fsp3) is 0.227. The van der Waals surface area contributed by atoms with Gasteiger partial charge in [0, 0.05) is 17.9 Å². The van der Waals surface area contributed by atoms with Crippen molar-refractivity contribution in [2.75, 3.05) is 5.32 Å². The summed E-state index contributed by atoms with van der Waals surface area (Å²) in [7, 11) is 0. The molecule has 1 heterocycles. The largest absolute Gasteiger partial charge is 0.347 e. The molecule has 0 aliphatic carbocycles. The van der Waals surface area contributed by atoms with Gasteiger partial charge in [0.25, 0.3) is 5.91 Å². The van der Waals surface area contributed by atoms with E-state index in [9.17, 15) is 4.79 Å². The Bertz CT molecular complexity index is 953. The summed E-state index contributed by atoms with van der Waals surface area (Å²) in [4.78, 5) is 21.4. The Balaban J connectivity index is 1.76. The number of aromatic nitrogens is 2. The van der Waals surface area contributed by atoms with E-state index in [0.717, 1.165) is 28.9 Å². The van der Waals surface area contributed by atoms with Crippen molar-refractivity contribution < 1.29 is 4.79 Å². The number of carbonyl (C=O) groups excluding carboxylic acids is 1. The molecule has 0 aliphatic rings. The van der Waals surface area contributed by atoms with Gasteiger partial charge in [0.05, 0.1) is 0 Å². The van der Waals surface area contributed by atoms with Gasteiger partial charge in [-0.15, -0.1) is 0 Å². The van der Waals surface area contributed by atoms with Crippen molar-refractivity contribution in [1.82, 2.24) is 15.3 Å². The zero-order valence-electron chi connectivity index (χ0n) is 15.9. The highest BCUT2D eigenvalue weighted by atomic mass is 16.1. The molecule has 0 atom stereocenters. The Morgan fingerprint density at radius 1 is 0.963 bits per heavy atom. The molecular weight excluding hydrogens is 336 g/mol. The van der Waals surface area contributed by atoms with Crippen LogP contribution in [0.15, 0.2) is 54.6 Å². The smallest absolute Gasteiger partial charge is 0.270 e. The van der Waals surface area contributed by atoms with E-state index in [0.29, 0.717) is 18.2 Å². The van der Waals surface area contributed by atoms with Gasteiger partial charge in [-0.1, -0.05) is 49.4 Å². The molecule has 1 aromatic heterocycles. The Morgan fingerprint density at radius 3 is 2.41 bits per heavy atom. The van der Waals surface area contributed by atoms with E-state index in [-0.39, 0.29) is 5.91 Å². The summed E-state index contributed by atoms with van der Waals surface area (Å²) in [6, 6.07) is 17.7.